The number of halogens is 1. The van der Waals surface area contributed by atoms with E-state index in [9.17, 15) is 0 Å². The predicted octanol–water partition coefficient (Wildman–Crippen LogP) is 1.72. The van der Waals surface area contributed by atoms with Gasteiger partial charge < -0.3 is 4.74 Å². The first-order valence-electron chi connectivity index (χ1n) is 2.72. The summed E-state index contributed by atoms with van der Waals surface area (Å²) < 4.78 is 5.11. The van der Waals surface area contributed by atoms with Crippen LogP contribution in [0.1, 0.15) is 6.92 Å². The lowest BCUT2D eigenvalue weighted by molar-refractivity contribution is 0.400. The maximum Gasteiger partial charge on any atom is 0.102 e. The quantitative estimate of drug-likeness (QED) is 0.355. The van der Waals surface area contributed by atoms with Crippen LogP contribution in [0.25, 0.3) is 0 Å². The number of alkyl halides is 1. The van der Waals surface area contributed by atoms with Crippen molar-refractivity contribution >= 4 is 15.9 Å². The Labute approximate surface area is 57.8 Å². The molecule has 0 radical (unpaired) electrons. The van der Waals surface area contributed by atoms with Crippen molar-refractivity contribution in [3.8, 4) is 0 Å². The van der Waals surface area contributed by atoms with Gasteiger partial charge in [-0.05, 0) is 6.92 Å². The van der Waals surface area contributed by atoms with Crippen molar-refractivity contribution in [2.75, 3.05) is 5.33 Å². The van der Waals surface area contributed by atoms with E-state index in [4.69, 9.17) is 4.74 Å². The molecule has 1 saturated heterocycles. The number of ether oxygens (including phenoxy) is 1. The zero-order chi connectivity index (χ0) is 5.98. The van der Waals surface area contributed by atoms with Gasteiger partial charge in [0.2, 0.25) is 0 Å². The molecule has 1 aliphatic rings. The van der Waals surface area contributed by atoms with Gasteiger partial charge in [0.25, 0.3) is 0 Å². The second-order valence-electron chi connectivity index (χ2n) is 1.89. The van der Waals surface area contributed by atoms with Crippen molar-refractivity contribution in [1.82, 2.24) is 0 Å². The predicted molar refractivity (Wildman–Crippen MR) is 37.3 cm³/mol. The standard InChI is InChI=1S/C6H9BrO/c1-5-6(8-5)3-2-4-7/h2-3,5-6H,4H2,1H3/b3-2+/t5-,6-/m0/s1. The van der Waals surface area contributed by atoms with Crippen molar-refractivity contribution in [2.45, 2.75) is 19.1 Å². The maximum atomic E-state index is 5.11. The Morgan fingerprint density at radius 3 is 2.75 bits per heavy atom. The molecule has 1 heterocycles. The summed E-state index contributed by atoms with van der Waals surface area (Å²) in [6, 6.07) is 0. The van der Waals surface area contributed by atoms with E-state index in [2.05, 4.69) is 35.0 Å². The normalized spacial score (nSPS) is 36.2. The molecular weight excluding hydrogens is 168 g/mol. The Kier molecular flexibility index (Phi) is 2.08. The van der Waals surface area contributed by atoms with Gasteiger partial charge in [-0.25, -0.2) is 0 Å². The molecule has 1 rings (SSSR count). The SMILES string of the molecule is C[C@@H]1O[C@H]1/C=C/CBr. The van der Waals surface area contributed by atoms with Gasteiger partial charge >= 0.3 is 0 Å². The minimum absolute atomic E-state index is 0.410. The molecule has 0 aromatic carbocycles. The van der Waals surface area contributed by atoms with Crippen molar-refractivity contribution in [1.29, 1.82) is 0 Å². The molecule has 0 unspecified atom stereocenters. The molecule has 1 fully saturated rings. The van der Waals surface area contributed by atoms with Crippen LogP contribution in [0.5, 0.6) is 0 Å². The van der Waals surface area contributed by atoms with Gasteiger partial charge in [0.05, 0.1) is 6.10 Å². The molecule has 2 atom stereocenters. The fraction of sp³-hybridized carbons (Fsp3) is 0.667. The van der Waals surface area contributed by atoms with E-state index in [1.165, 1.54) is 0 Å². The highest BCUT2D eigenvalue weighted by Crippen LogP contribution is 2.21. The van der Waals surface area contributed by atoms with E-state index in [1.807, 2.05) is 0 Å². The van der Waals surface area contributed by atoms with Crippen LogP contribution in [0.3, 0.4) is 0 Å². The summed E-state index contributed by atoms with van der Waals surface area (Å²) in [6.07, 6.45) is 5.02. The van der Waals surface area contributed by atoms with E-state index in [0.29, 0.717) is 12.2 Å². The Hall–Kier alpha value is 0.180. The van der Waals surface area contributed by atoms with E-state index >= 15 is 0 Å². The Balaban J connectivity index is 2.12. The van der Waals surface area contributed by atoms with E-state index < -0.39 is 0 Å². The first-order chi connectivity index (χ1) is 3.84. The van der Waals surface area contributed by atoms with Gasteiger partial charge in [-0.15, -0.1) is 0 Å². The molecule has 0 amide bonds. The number of rotatable bonds is 2. The highest BCUT2D eigenvalue weighted by atomic mass is 79.9. The number of hydrogen-bond acceptors (Lipinski definition) is 1. The lowest BCUT2D eigenvalue weighted by Crippen LogP contribution is -1.80. The smallest absolute Gasteiger partial charge is 0.102 e. The van der Waals surface area contributed by atoms with Crippen molar-refractivity contribution in [2.24, 2.45) is 0 Å². The second-order valence-corrected chi connectivity index (χ2v) is 2.54. The second kappa shape index (κ2) is 2.65. The van der Waals surface area contributed by atoms with Crippen LogP contribution in [0.2, 0.25) is 0 Å². The molecule has 46 valence electrons. The molecule has 0 N–H and O–H groups in total. The van der Waals surface area contributed by atoms with Gasteiger partial charge in [-0.1, -0.05) is 28.1 Å². The molecule has 0 aromatic rings. The summed E-state index contributed by atoms with van der Waals surface area (Å²) >= 11 is 3.28. The van der Waals surface area contributed by atoms with Crippen LogP contribution in [-0.4, -0.2) is 17.5 Å². The highest BCUT2D eigenvalue weighted by molar-refractivity contribution is 9.09. The first kappa shape index (κ1) is 6.30. The summed E-state index contributed by atoms with van der Waals surface area (Å²) in [6.45, 7) is 2.07. The average Bonchev–Trinajstić information content (AvgIpc) is 2.42. The molecular formula is C6H9BrO. The molecule has 1 nitrogen and oxygen atoms in total. The van der Waals surface area contributed by atoms with E-state index in [-0.39, 0.29) is 0 Å². The molecule has 2 heteroatoms. The third-order valence-electron chi connectivity index (χ3n) is 1.17. The molecule has 0 saturated carbocycles. The van der Waals surface area contributed by atoms with E-state index in [0.717, 1.165) is 5.33 Å². The molecule has 0 aromatic heterocycles. The van der Waals surface area contributed by atoms with Crippen molar-refractivity contribution in [3.05, 3.63) is 12.2 Å². The zero-order valence-corrected chi connectivity index (χ0v) is 6.39. The summed E-state index contributed by atoms with van der Waals surface area (Å²) in [5, 5.41) is 0.930. The van der Waals surface area contributed by atoms with Crippen LogP contribution in [0.4, 0.5) is 0 Å². The summed E-state index contributed by atoms with van der Waals surface area (Å²) in [4.78, 5) is 0. The summed E-state index contributed by atoms with van der Waals surface area (Å²) in [5.74, 6) is 0. The topological polar surface area (TPSA) is 12.5 Å². The highest BCUT2D eigenvalue weighted by Gasteiger charge is 2.30. The van der Waals surface area contributed by atoms with E-state index in [1.54, 1.807) is 0 Å². The van der Waals surface area contributed by atoms with Crippen LogP contribution in [-0.2, 0) is 4.74 Å². The third-order valence-corrected chi connectivity index (χ3v) is 1.55. The lowest BCUT2D eigenvalue weighted by Gasteiger charge is -1.73. The van der Waals surface area contributed by atoms with Crippen LogP contribution < -0.4 is 0 Å². The van der Waals surface area contributed by atoms with Gasteiger partial charge in [0, 0.05) is 5.33 Å². The van der Waals surface area contributed by atoms with Gasteiger partial charge in [0.1, 0.15) is 6.10 Å². The number of allylic oxidation sites excluding steroid dienone is 1. The Morgan fingerprint density at radius 1 is 1.75 bits per heavy atom. The molecule has 0 bridgehead atoms. The Bertz CT molecular complexity index is 101. The fourth-order valence-corrected chi connectivity index (χ4v) is 0.806. The minimum Gasteiger partial charge on any atom is -0.365 e. The molecule has 0 aliphatic carbocycles. The zero-order valence-electron chi connectivity index (χ0n) is 4.80. The molecule has 0 spiro atoms. The largest absolute Gasteiger partial charge is 0.365 e. The first-order valence-corrected chi connectivity index (χ1v) is 3.85. The lowest BCUT2D eigenvalue weighted by atomic mass is 10.3. The monoisotopic (exact) mass is 176 g/mol. The number of hydrogen-bond donors (Lipinski definition) is 0. The Morgan fingerprint density at radius 2 is 2.38 bits per heavy atom. The molecule has 8 heavy (non-hydrogen) atoms. The van der Waals surface area contributed by atoms with Gasteiger partial charge in [0.15, 0.2) is 0 Å². The number of epoxide rings is 1. The van der Waals surface area contributed by atoms with Crippen LogP contribution in [0, 0.1) is 0 Å². The summed E-state index contributed by atoms with van der Waals surface area (Å²) in [7, 11) is 0. The minimum atomic E-state index is 0.410. The van der Waals surface area contributed by atoms with Crippen molar-refractivity contribution in [3.63, 3.8) is 0 Å². The van der Waals surface area contributed by atoms with Crippen LogP contribution in [0.15, 0.2) is 12.2 Å². The van der Waals surface area contributed by atoms with Gasteiger partial charge in [-0.2, -0.15) is 0 Å². The average molecular weight is 177 g/mol. The van der Waals surface area contributed by atoms with Crippen LogP contribution >= 0.6 is 15.9 Å². The molecule has 1 aliphatic heterocycles. The van der Waals surface area contributed by atoms with Crippen molar-refractivity contribution < 1.29 is 4.74 Å². The summed E-state index contributed by atoms with van der Waals surface area (Å²) in [5.41, 5.74) is 0. The third kappa shape index (κ3) is 1.60. The maximum absolute atomic E-state index is 5.11. The van der Waals surface area contributed by atoms with Gasteiger partial charge in [-0.3, -0.25) is 0 Å². The fourth-order valence-electron chi connectivity index (χ4n) is 0.590.